The molecule has 0 saturated carbocycles. The summed E-state index contributed by atoms with van der Waals surface area (Å²) < 4.78 is 7.14. The highest BCUT2D eigenvalue weighted by molar-refractivity contribution is 6.28. The van der Waals surface area contributed by atoms with Crippen LogP contribution in [-0.2, 0) is 0 Å². The lowest BCUT2D eigenvalue weighted by Crippen LogP contribution is -1.89. The fraction of sp³-hybridized carbons (Fsp3) is 0. The Bertz CT molecular complexity index is 3770. The molecule has 0 atom stereocenters. The number of hydrogen-bond acceptors (Lipinski definition) is 1. The molecule has 0 fully saturated rings. The second-order valence-electron chi connectivity index (χ2n) is 15.5. The minimum Gasteiger partial charge on any atom is -0.455 e. The zero-order valence-electron chi connectivity index (χ0n) is 30.9. The smallest absolute Gasteiger partial charge is 0.143 e. The summed E-state index contributed by atoms with van der Waals surface area (Å²) in [4.78, 5) is 0. The van der Waals surface area contributed by atoms with Gasteiger partial charge in [-0.05, 0) is 116 Å². The molecule has 0 aliphatic carbocycles. The maximum absolute atomic E-state index is 7.14. The first-order chi connectivity index (χ1) is 28.3. The number of furan rings is 1. The first-order valence-corrected chi connectivity index (χ1v) is 19.7. The molecule has 0 unspecified atom stereocenters. The maximum Gasteiger partial charge on any atom is 0.143 e. The fourth-order valence-electron chi connectivity index (χ4n) is 9.98. The van der Waals surface area contributed by atoms with Gasteiger partial charge in [0.15, 0.2) is 0 Å². The van der Waals surface area contributed by atoms with E-state index in [0.29, 0.717) is 0 Å². The van der Waals surface area contributed by atoms with Crippen molar-refractivity contribution in [3.05, 3.63) is 194 Å². The molecule has 57 heavy (non-hydrogen) atoms. The molecule has 0 saturated heterocycles. The summed E-state index contributed by atoms with van der Waals surface area (Å²) in [5, 5.41) is 19.9. The van der Waals surface area contributed by atoms with E-state index >= 15 is 0 Å². The molecule has 1 aromatic heterocycles. The molecule has 1 heterocycles. The zero-order valence-corrected chi connectivity index (χ0v) is 30.9. The monoisotopic (exact) mass is 720 g/mol. The Balaban J connectivity index is 1.04. The fourth-order valence-corrected chi connectivity index (χ4v) is 9.98. The number of benzene rings is 12. The van der Waals surface area contributed by atoms with Crippen molar-refractivity contribution in [1.29, 1.82) is 0 Å². The summed E-state index contributed by atoms with van der Waals surface area (Å²) in [5.41, 5.74) is 8.92. The number of fused-ring (bicyclic) bond motifs is 10. The van der Waals surface area contributed by atoms with Crippen LogP contribution in [0.5, 0.6) is 0 Å². The van der Waals surface area contributed by atoms with Crippen LogP contribution in [0.4, 0.5) is 0 Å². The van der Waals surface area contributed by atoms with E-state index in [2.05, 4.69) is 194 Å². The van der Waals surface area contributed by atoms with Gasteiger partial charge in [0.2, 0.25) is 0 Å². The first-order valence-electron chi connectivity index (χ1n) is 19.7. The van der Waals surface area contributed by atoms with Gasteiger partial charge in [0.1, 0.15) is 11.2 Å². The summed E-state index contributed by atoms with van der Waals surface area (Å²) >= 11 is 0. The highest BCUT2D eigenvalue weighted by Gasteiger charge is 2.21. The van der Waals surface area contributed by atoms with Crippen molar-refractivity contribution in [3.8, 4) is 33.4 Å². The van der Waals surface area contributed by atoms with Crippen LogP contribution in [0.3, 0.4) is 0 Å². The van der Waals surface area contributed by atoms with Crippen molar-refractivity contribution in [2.24, 2.45) is 0 Å². The van der Waals surface area contributed by atoms with E-state index in [4.69, 9.17) is 4.42 Å². The summed E-state index contributed by atoms with van der Waals surface area (Å²) in [7, 11) is 0. The van der Waals surface area contributed by atoms with Crippen LogP contribution in [0.1, 0.15) is 0 Å². The van der Waals surface area contributed by atoms with Crippen LogP contribution >= 0.6 is 0 Å². The maximum atomic E-state index is 7.14. The molecule has 0 radical (unpaired) electrons. The van der Waals surface area contributed by atoms with Gasteiger partial charge in [0, 0.05) is 21.7 Å². The van der Waals surface area contributed by atoms with E-state index in [1.165, 1.54) is 97.8 Å². The SMILES string of the molecule is c1ccc2c(c1)ccc1c2oc2c(-c3cc4ccc5ccccc5c4c4ccccc34)ccc(-c3ccc(-c4ccc5ccc6cccc7ccc4c5c67)cc3)c21. The topological polar surface area (TPSA) is 13.1 Å². The van der Waals surface area contributed by atoms with E-state index < -0.39 is 0 Å². The summed E-state index contributed by atoms with van der Waals surface area (Å²) in [6.07, 6.45) is 0. The normalized spacial score (nSPS) is 12.2. The Labute approximate surface area is 328 Å². The Kier molecular flexibility index (Phi) is 6.23. The quantitative estimate of drug-likeness (QED) is 0.166. The van der Waals surface area contributed by atoms with Gasteiger partial charge in [-0.15, -0.1) is 0 Å². The van der Waals surface area contributed by atoms with Crippen LogP contribution in [-0.4, -0.2) is 0 Å². The van der Waals surface area contributed by atoms with Gasteiger partial charge in [0.25, 0.3) is 0 Å². The van der Waals surface area contributed by atoms with E-state index in [-0.39, 0.29) is 0 Å². The Hall–Kier alpha value is -7.48. The van der Waals surface area contributed by atoms with Gasteiger partial charge in [0.05, 0.1) is 0 Å². The third kappa shape index (κ3) is 4.34. The average Bonchev–Trinajstić information content (AvgIpc) is 3.68. The third-order valence-electron chi connectivity index (χ3n) is 12.6. The van der Waals surface area contributed by atoms with Crippen LogP contribution in [0.2, 0.25) is 0 Å². The van der Waals surface area contributed by atoms with Crippen molar-refractivity contribution < 1.29 is 4.42 Å². The van der Waals surface area contributed by atoms with Gasteiger partial charge in [-0.3, -0.25) is 0 Å². The number of rotatable bonds is 3. The third-order valence-corrected chi connectivity index (χ3v) is 12.6. The molecule has 0 amide bonds. The second-order valence-corrected chi connectivity index (χ2v) is 15.5. The molecular formula is C56H32O. The summed E-state index contributed by atoms with van der Waals surface area (Å²) in [6.45, 7) is 0. The van der Waals surface area contributed by atoms with Gasteiger partial charge in [-0.2, -0.15) is 0 Å². The molecular weight excluding hydrogens is 689 g/mol. The highest BCUT2D eigenvalue weighted by atomic mass is 16.3. The first kappa shape index (κ1) is 30.8. The number of hydrogen-bond donors (Lipinski definition) is 0. The van der Waals surface area contributed by atoms with Gasteiger partial charge < -0.3 is 4.42 Å². The molecule has 0 spiro atoms. The molecule has 262 valence electrons. The van der Waals surface area contributed by atoms with Crippen molar-refractivity contribution in [2.75, 3.05) is 0 Å². The molecule has 0 aliphatic heterocycles. The van der Waals surface area contributed by atoms with Crippen molar-refractivity contribution >= 4 is 97.3 Å². The van der Waals surface area contributed by atoms with Crippen molar-refractivity contribution in [1.82, 2.24) is 0 Å². The van der Waals surface area contributed by atoms with E-state index in [1.54, 1.807) is 0 Å². The van der Waals surface area contributed by atoms with Crippen LogP contribution < -0.4 is 0 Å². The predicted octanol–water partition coefficient (Wildman–Crippen LogP) is 16.1. The minimum atomic E-state index is 0.917. The predicted molar refractivity (Wildman–Crippen MR) is 244 cm³/mol. The Morgan fingerprint density at radius 3 is 1.56 bits per heavy atom. The minimum absolute atomic E-state index is 0.917. The van der Waals surface area contributed by atoms with E-state index in [9.17, 15) is 0 Å². The van der Waals surface area contributed by atoms with Gasteiger partial charge in [-0.25, -0.2) is 0 Å². The van der Waals surface area contributed by atoms with E-state index in [1.807, 2.05) is 0 Å². The van der Waals surface area contributed by atoms with Crippen LogP contribution in [0, 0.1) is 0 Å². The highest BCUT2D eigenvalue weighted by Crippen LogP contribution is 2.47. The molecule has 13 aromatic rings. The molecule has 1 heteroatoms. The molecule has 0 bridgehead atoms. The van der Waals surface area contributed by atoms with Crippen molar-refractivity contribution in [3.63, 3.8) is 0 Å². The molecule has 12 aromatic carbocycles. The lowest BCUT2D eigenvalue weighted by molar-refractivity contribution is 0.674. The van der Waals surface area contributed by atoms with Gasteiger partial charge in [-0.1, -0.05) is 176 Å². The van der Waals surface area contributed by atoms with Crippen molar-refractivity contribution in [2.45, 2.75) is 0 Å². The van der Waals surface area contributed by atoms with Crippen LogP contribution in [0.15, 0.2) is 199 Å². The largest absolute Gasteiger partial charge is 0.455 e. The van der Waals surface area contributed by atoms with E-state index in [0.717, 1.165) is 32.9 Å². The zero-order chi connectivity index (χ0) is 37.2. The molecule has 0 N–H and O–H groups in total. The molecule has 1 nitrogen and oxygen atoms in total. The van der Waals surface area contributed by atoms with Gasteiger partial charge >= 0.3 is 0 Å². The van der Waals surface area contributed by atoms with Crippen LogP contribution in [0.25, 0.3) is 131 Å². The standard InChI is InChI=1S/C56H32O/c1-3-12-42-33(8-1)20-23-40-32-50(45-14-5-6-15-46(45)52(40)42)48-31-30-43(54-49-29-24-34-9-2-4-13-44(34)55(49)57-56(48)54)36-18-16-35(17-19-36)41-27-25-39-22-21-37-10-7-11-38-26-28-47(41)53(39)51(37)38/h1-32H. The summed E-state index contributed by atoms with van der Waals surface area (Å²) in [6, 6.07) is 71.5. The summed E-state index contributed by atoms with van der Waals surface area (Å²) in [5.74, 6) is 0. The Morgan fingerprint density at radius 2 is 0.754 bits per heavy atom. The molecule has 0 aliphatic rings. The lowest BCUT2D eigenvalue weighted by atomic mass is 9.88. The Morgan fingerprint density at radius 1 is 0.228 bits per heavy atom. The average molecular weight is 721 g/mol. The lowest BCUT2D eigenvalue weighted by Gasteiger charge is -2.15. The second kappa shape index (κ2) is 11.5. The molecule has 13 rings (SSSR count).